The van der Waals surface area contributed by atoms with Gasteiger partial charge in [0.2, 0.25) is 0 Å². The topological polar surface area (TPSA) is 55.1 Å². The van der Waals surface area contributed by atoms with Crippen LogP contribution in [0.2, 0.25) is 0 Å². The summed E-state index contributed by atoms with van der Waals surface area (Å²) in [6, 6.07) is -1.77. The zero-order valence-corrected chi connectivity index (χ0v) is 5.11. The summed E-state index contributed by atoms with van der Waals surface area (Å²) in [6.07, 6.45) is 0.754. The van der Waals surface area contributed by atoms with Gasteiger partial charge in [0.25, 0.3) is 0 Å². The normalized spacial score (nSPS) is 48.6. The third-order valence-corrected chi connectivity index (χ3v) is 1.24. The van der Waals surface area contributed by atoms with Crippen molar-refractivity contribution >= 4 is 5.78 Å². The Labute approximate surface area is 58.8 Å². The molecule has 1 rings (SSSR count). The first-order chi connectivity index (χ1) is 5.36. The van der Waals surface area contributed by atoms with Gasteiger partial charge >= 0.3 is 0 Å². The van der Waals surface area contributed by atoms with Crippen LogP contribution in [0.5, 0.6) is 0 Å². The molecule has 0 bridgehead atoms. The van der Waals surface area contributed by atoms with Crippen molar-refractivity contribution in [3.8, 4) is 0 Å². The van der Waals surface area contributed by atoms with Gasteiger partial charge in [0, 0.05) is 0 Å². The number of carbonyl (C=O) groups is 1. The third kappa shape index (κ3) is 1.77. The van der Waals surface area contributed by atoms with Crippen LogP contribution < -0.4 is 11.1 Å². The maximum atomic E-state index is 11.2. The molecule has 1 aliphatic rings. The van der Waals surface area contributed by atoms with Crippen LogP contribution in [-0.2, 0) is 4.79 Å². The maximum absolute atomic E-state index is 11.2. The fourth-order valence-electron chi connectivity index (χ4n) is 0.704. The van der Waals surface area contributed by atoms with Crippen LogP contribution in [0.15, 0.2) is 0 Å². The third-order valence-electron chi connectivity index (χ3n) is 1.24. The van der Waals surface area contributed by atoms with Gasteiger partial charge in [-0.2, -0.15) is 0 Å². The van der Waals surface area contributed by atoms with Crippen LogP contribution >= 0.6 is 0 Å². The molecule has 0 aromatic carbocycles. The molecule has 52 valence electrons. The molecular formula is C6H12N2O. The second kappa shape index (κ2) is 2.94. The lowest BCUT2D eigenvalue weighted by Gasteiger charge is -2.02. The van der Waals surface area contributed by atoms with Crippen molar-refractivity contribution in [1.29, 1.82) is 0 Å². The number of ketones is 1. The molecule has 0 radical (unpaired) electrons. The fraction of sp³-hybridized carbons (Fsp3) is 0.833. The van der Waals surface area contributed by atoms with Gasteiger partial charge in [0.1, 0.15) is 0 Å². The molecule has 1 fully saturated rings. The molecule has 1 saturated heterocycles. The monoisotopic (exact) mass is 131 g/mol. The molecule has 0 aromatic heterocycles. The van der Waals surface area contributed by atoms with E-state index in [0.717, 1.165) is 0 Å². The molecular weight excluding hydrogens is 116 g/mol. The molecule has 1 atom stereocenters. The Hall–Kier alpha value is -0.410. The van der Waals surface area contributed by atoms with Gasteiger partial charge in [-0.15, -0.1) is 0 Å². The molecule has 0 spiro atoms. The van der Waals surface area contributed by atoms with Crippen molar-refractivity contribution in [2.45, 2.75) is 18.9 Å². The summed E-state index contributed by atoms with van der Waals surface area (Å²) in [6.45, 7) is -1.76. The van der Waals surface area contributed by atoms with E-state index in [1.54, 1.807) is 0 Å². The lowest BCUT2D eigenvalue weighted by atomic mass is 10.1. The summed E-state index contributed by atoms with van der Waals surface area (Å²) in [5.74, 6) is -0.882. The van der Waals surface area contributed by atoms with Crippen LogP contribution in [0.4, 0.5) is 0 Å². The van der Waals surface area contributed by atoms with Crippen molar-refractivity contribution in [3.63, 3.8) is 0 Å². The lowest BCUT2D eigenvalue weighted by Crippen LogP contribution is -2.34. The first-order valence-electron chi connectivity index (χ1n) is 4.45. The summed E-state index contributed by atoms with van der Waals surface area (Å²) < 4.78 is 21.8. The minimum Gasteiger partial charge on any atom is -0.321 e. The minimum atomic E-state index is -2.15. The van der Waals surface area contributed by atoms with Crippen LogP contribution in [0.3, 0.4) is 0 Å². The first-order valence-corrected chi connectivity index (χ1v) is 2.95. The summed E-state index contributed by atoms with van der Waals surface area (Å²) >= 11 is 0. The van der Waals surface area contributed by atoms with E-state index in [9.17, 15) is 4.79 Å². The second-order valence-electron chi connectivity index (χ2n) is 2.01. The van der Waals surface area contributed by atoms with E-state index in [0.29, 0.717) is 13.0 Å². The summed E-state index contributed by atoms with van der Waals surface area (Å²) in [5.41, 5.74) is 5.33. The van der Waals surface area contributed by atoms with Gasteiger partial charge in [0.05, 0.1) is 16.6 Å². The van der Waals surface area contributed by atoms with E-state index >= 15 is 0 Å². The predicted octanol–water partition coefficient (Wildman–Crippen LogP) is -0.734. The fourth-order valence-corrected chi connectivity index (χ4v) is 0.704. The first kappa shape index (κ1) is 3.68. The Morgan fingerprint density at radius 3 is 3.56 bits per heavy atom. The Morgan fingerprint density at radius 2 is 2.78 bits per heavy atom. The number of hydrogen-bond donors (Lipinski definition) is 2. The highest BCUT2D eigenvalue weighted by molar-refractivity contribution is 5.85. The van der Waals surface area contributed by atoms with Crippen molar-refractivity contribution in [2.24, 2.45) is 5.73 Å². The number of hydrogen-bond acceptors (Lipinski definition) is 3. The van der Waals surface area contributed by atoms with Crippen molar-refractivity contribution in [1.82, 2.24) is 5.32 Å². The van der Waals surface area contributed by atoms with E-state index in [1.807, 2.05) is 0 Å². The molecule has 1 heterocycles. The molecule has 1 aliphatic heterocycles. The van der Waals surface area contributed by atoms with Crippen molar-refractivity contribution < 1.29 is 8.91 Å². The van der Waals surface area contributed by atoms with E-state index in [4.69, 9.17) is 9.85 Å². The molecule has 0 aliphatic carbocycles. The quantitative estimate of drug-likeness (QED) is 0.455. The van der Waals surface area contributed by atoms with E-state index in [1.165, 1.54) is 0 Å². The molecule has 1 unspecified atom stereocenters. The van der Waals surface area contributed by atoms with Crippen LogP contribution in [0.1, 0.15) is 17.0 Å². The summed E-state index contributed by atoms with van der Waals surface area (Å²) in [4.78, 5) is 11.2. The smallest absolute Gasteiger partial charge is 0.163 e. The summed E-state index contributed by atoms with van der Waals surface area (Å²) in [5, 5.41) is 2.41. The number of nitrogens with two attached hydrogens (primary N) is 1. The number of nitrogens with one attached hydrogen (secondary N) is 1. The van der Waals surface area contributed by atoms with E-state index in [2.05, 4.69) is 5.32 Å². The molecule has 0 amide bonds. The highest BCUT2D eigenvalue weighted by Gasteiger charge is 2.14. The van der Waals surface area contributed by atoms with Gasteiger partial charge in [-0.1, -0.05) is 0 Å². The Kier molecular flexibility index (Phi) is 1.20. The molecule has 3 N–H and O–H groups in total. The van der Waals surface area contributed by atoms with Crippen LogP contribution in [0.25, 0.3) is 0 Å². The summed E-state index contributed by atoms with van der Waals surface area (Å²) in [7, 11) is 0. The maximum Gasteiger partial charge on any atom is 0.163 e. The Balaban J connectivity index is 2.89. The van der Waals surface area contributed by atoms with Gasteiger partial charge in [-0.3, -0.25) is 4.79 Å². The number of rotatable bonds is 0. The minimum absolute atomic E-state index is 0.207. The van der Waals surface area contributed by atoms with Crippen molar-refractivity contribution in [3.05, 3.63) is 0 Å². The molecule has 9 heavy (non-hydrogen) atoms. The van der Waals surface area contributed by atoms with E-state index < -0.39 is 18.3 Å². The number of Topliss-reactive ketones (excluding diaryl/α,β-unsaturated/α-hetero) is 1. The second-order valence-corrected chi connectivity index (χ2v) is 2.01. The van der Waals surface area contributed by atoms with Crippen LogP contribution in [-0.4, -0.2) is 24.8 Å². The van der Waals surface area contributed by atoms with Gasteiger partial charge in [0.15, 0.2) is 5.78 Å². The number of carbonyl (C=O) groups excluding carboxylic acids is 1. The molecule has 0 saturated carbocycles. The Bertz CT molecular complexity index is 185. The largest absolute Gasteiger partial charge is 0.321 e. The zero-order valence-electron chi connectivity index (χ0n) is 8.11. The van der Waals surface area contributed by atoms with Crippen LogP contribution in [0, 0.1) is 0 Å². The highest BCUT2D eigenvalue weighted by atomic mass is 16.1. The zero-order chi connectivity index (χ0) is 9.41. The average Bonchev–Trinajstić information content (AvgIpc) is 2.02. The van der Waals surface area contributed by atoms with Gasteiger partial charge in [-0.25, -0.2) is 0 Å². The van der Waals surface area contributed by atoms with Gasteiger partial charge < -0.3 is 11.1 Å². The van der Waals surface area contributed by atoms with Crippen molar-refractivity contribution in [2.75, 3.05) is 13.0 Å². The lowest BCUT2D eigenvalue weighted by molar-refractivity contribution is -0.119. The SMILES string of the molecule is [2H]C1(N)CCCNC([2H])([2H])C1=O. The molecule has 3 nitrogen and oxygen atoms in total. The predicted molar refractivity (Wildman–Crippen MR) is 35.1 cm³/mol. The average molecular weight is 131 g/mol. The highest BCUT2D eigenvalue weighted by Crippen LogP contribution is 1.97. The Morgan fingerprint density at radius 1 is 2.00 bits per heavy atom. The van der Waals surface area contributed by atoms with Gasteiger partial charge in [-0.05, 0) is 19.4 Å². The molecule has 3 heteroatoms. The molecule has 0 aromatic rings. The standard InChI is InChI=1S/C6H12N2O/c7-5-2-1-3-8-4-6(5)9/h5,8H,1-4,7H2/i4D2,5D. The van der Waals surface area contributed by atoms with E-state index in [-0.39, 0.29) is 6.42 Å².